The quantitative estimate of drug-likeness (QED) is 0.401. The molecule has 0 aliphatic carbocycles. The lowest BCUT2D eigenvalue weighted by Crippen LogP contribution is -2.50. The second-order valence-corrected chi connectivity index (χ2v) is 5.78. The van der Waals surface area contributed by atoms with Crippen LogP contribution in [-0.4, -0.2) is 78.8 Å². The van der Waals surface area contributed by atoms with Crippen molar-refractivity contribution in [3.8, 4) is 0 Å². The lowest BCUT2D eigenvalue weighted by molar-refractivity contribution is -0.384. The van der Waals surface area contributed by atoms with Crippen LogP contribution in [0.4, 0.5) is 5.69 Å². The summed E-state index contributed by atoms with van der Waals surface area (Å²) in [4.78, 5) is 48.9. The van der Waals surface area contributed by atoms with E-state index in [1.807, 2.05) is 0 Å². The highest BCUT2D eigenvalue weighted by Gasteiger charge is 2.23. The van der Waals surface area contributed by atoms with Gasteiger partial charge in [-0.15, -0.1) is 0 Å². The molecule has 3 amide bonds. The van der Waals surface area contributed by atoms with E-state index in [9.17, 15) is 24.5 Å². The lowest BCUT2D eigenvalue weighted by atomic mass is 10.1. The molecule has 1 heterocycles. The van der Waals surface area contributed by atoms with E-state index in [2.05, 4.69) is 15.5 Å². The molecular weight excluding hydrogens is 342 g/mol. The summed E-state index contributed by atoms with van der Waals surface area (Å²) in [5.74, 6) is -1.59. The third-order valence-corrected chi connectivity index (χ3v) is 4.11. The van der Waals surface area contributed by atoms with Crippen LogP contribution >= 0.6 is 0 Å². The number of non-ortho nitro benzene ring substituents is 1. The van der Waals surface area contributed by atoms with E-state index in [1.54, 1.807) is 11.0 Å². The van der Waals surface area contributed by atoms with Gasteiger partial charge >= 0.3 is 11.8 Å². The highest BCUT2D eigenvalue weighted by molar-refractivity contribution is 6.34. The molecule has 10 nitrogen and oxygen atoms in total. The Balaban J connectivity index is 1.80. The number of nitro benzene ring substituents is 1. The van der Waals surface area contributed by atoms with Crippen molar-refractivity contribution in [3.63, 3.8) is 0 Å². The van der Waals surface area contributed by atoms with Gasteiger partial charge in [0.1, 0.15) is 0 Å². The van der Waals surface area contributed by atoms with Gasteiger partial charge in [0.25, 0.3) is 11.6 Å². The normalized spacial score (nSPS) is 14.6. The van der Waals surface area contributed by atoms with E-state index >= 15 is 0 Å². The molecule has 0 saturated carbocycles. The molecule has 1 aromatic carbocycles. The van der Waals surface area contributed by atoms with Gasteiger partial charge in [-0.05, 0) is 6.07 Å². The first-order valence-electron chi connectivity index (χ1n) is 8.18. The van der Waals surface area contributed by atoms with Crippen LogP contribution in [0.15, 0.2) is 24.3 Å². The molecule has 2 N–H and O–H groups in total. The third kappa shape index (κ3) is 4.99. The zero-order chi connectivity index (χ0) is 19.1. The Bertz CT molecular complexity index is 700. The van der Waals surface area contributed by atoms with E-state index in [-0.39, 0.29) is 11.6 Å². The van der Waals surface area contributed by atoms with Crippen LogP contribution in [0.5, 0.6) is 0 Å². The molecule has 0 atom stereocenters. The van der Waals surface area contributed by atoms with Gasteiger partial charge in [-0.3, -0.25) is 29.4 Å². The number of piperazine rings is 1. The van der Waals surface area contributed by atoms with Crippen molar-refractivity contribution in [1.82, 2.24) is 20.4 Å². The number of rotatable bonds is 5. The number of nitrogens with zero attached hydrogens (tertiary/aromatic N) is 3. The van der Waals surface area contributed by atoms with Gasteiger partial charge in [0, 0.05) is 64.0 Å². The molecule has 10 heteroatoms. The summed E-state index contributed by atoms with van der Waals surface area (Å²) in [6, 6.07) is 5.69. The minimum Gasteiger partial charge on any atom is -0.351 e. The van der Waals surface area contributed by atoms with Gasteiger partial charge in [0.15, 0.2) is 0 Å². The first kappa shape index (κ1) is 19.3. The second-order valence-electron chi connectivity index (χ2n) is 5.78. The Labute approximate surface area is 150 Å². The second kappa shape index (κ2) is 8.90. The lowest BCUT2D eigenvalue weighted by Gasteiger charge is -2.34. The van der Waals surface area contributed by atoms with E-state index in [1.165, 1.54) is 25.2 Å². The molecule has 1 aliphatic rings. The number of nitro groups is 1. The SMILES string of the molecule is CNC(=O)C(=O)NCCN1CCN(C(=O)c2cccc([N+](=O)[O-])c2)CC1. The van der Waals surface area contributed by atoms with Crippen molar-refractivity contribution in [1.29, 1.82) is 0 Å². The third-order valence-electron chi connectivity index (χ3n) is 4.11. The molecule has 0 radical (unpaired) electrons. The van der Waals surface area contributed by atoms with E-state index in [0.29, 0.717) is 44.8 Å². The number of benzene rings is 1. The monoisotopic (exact) mass is 363 g/mol. The number of carbonyl (C=O) groups excluding carboxylic acids is 3. The van der Waals surface area contributed by atoms with Crippen molar-refractivity contribution in [2.45, 2.75) is 0 Å². The number of amides is 3. The minimum atomic E-state index is -0.683. The number of carbonyl (C=O) groups is 3. The molecule has 1 aromatic rings. The maximum atomic E-state index is 12.5. The minimum absolute atomic E-state index is 0.110. The van der Waals surface area contributed by atoms with Crippen LogP contribution < -0.4 is 10.6 Å². The average Bonchev–Trinajstić information content (AvgIpc) is 2.67. The van der Waals surface area contributed by atoms with Crippen LogP contribution in [0.2, 0.25) is 0 Å². The Morgan fingerprint density at radius 1 is 1.15 bits per heavy atom. The van der Waals surface area contributed by atoms with Gasteiger partial charge in [-0.1, -0.05) is 6.07 Å². The summed E-state index contributed by atoms with van der Waals surface area (Å²) in [7, 11) is 1.39. The molecule has 2 rings (SSSR count). The van der Waals surface area contributed by atoms with Gasteiger partial charge in [0.2, 0.25) is 0 Å². The molecular formula is C16H21N5O5. The maximum absolute atomic E-state index is 12.5. The van der Waals surface area contributed by atoms with Crippen molar-refractivity contribution in [3.05, 3.63) is 39.9 Å². The molecule has 26 heavy (non-hydrogen) atoms. The summed E-state index contributed by atoms with van der Waals surface area (Å²) in [6.07, 6.45) is 0. The van der Waals surface area contributed by atoms with E-state index in [0.717, 1.165) is 0 Å². The number of hydrogen-bond acceptors (Lipinski definition) is 6. The Hall–Kier alpha value is -3.01. The molecule has 1 fully saturated rings. The van der Waals surface area contributed by atoms with Gasteiger partial charge in [-0.25, -0.2) is 0 Å². The molecule has 140 valence electrons. The predicted octanol–water partition coefficient (Wildman–Crippen LogP) is -0.785. The highest BCUT2D eigenvalue weighted by Crippen LogP contribution is 2.15. The zero-order valence-corrected chi connectivity index (χ0v) is 14.4. The maximum Gasteiger partial charge on any atom is 0.309 e. The average molecular weight is 363 g/mol. The molecule has 0 unspecified atom stereocenters. The summed E-state index contributed by atoms with van der Waals surface area (Å²) < 4.78 is 0. The van der Waals surface area contributed by atoms with Gasteiger partial charge in [0.05, 0.1) is 4.92 Å². The smallest absolute Gasteiger partial charge is 0.309 e. The van der Waals surface area contributed by atoms with Crippen LogP contribution in [-0.2, 0) is 9.59 Å². The highest BCUT2D eigenvalue weighted by atomic mass is 16.6. The van der Waals surface area contributed by atoms with Crippen LogP contribution in [0.25, 0.3) is 0 Å². The largest absolute Gasteiger partial charge is 0.351 e. The first-order valence-corrected chi connectivity index (χ1v) is 8.18. The molecule has 0 spiro atoms. The van der Waals surface area contributed by atoms with E-state index in [4.69, 9.17) is 0 Å². The van der Waals surface area contributed by atoms with E-state index < -0.39 is 16.7 Å². The van der Waals surface area contributed by atoms with Crippen molar-refractivity contribution < 1.29 is 19.3 Å². The Morgan fingerprint density at radius 3 is 2.46 bits per heavy atom. The molecule has 0 bridgehead atoms. The summed E-state index contributed by atoms with van der Waals surface area (Å²) >= 11 is 0. The Kier molecular flexibility index (Phi) is 6.61. The summed E-state index contributed by atoms with van der Waals surface area (Å²) in [5.41, 5.74) is 0.187. The molecule has 1 aliphatic heterocycles. The molecule has 0 aromatic heterocycles. The number of likely N-dealkylation sites (N-methyl/N-ethyl adjacent to an activating group) is 1. The fraction of sp³-hybridized carbons (Fsp3) is 0.438. The van der Waals surface area contributed by atoms with Crippen LogP contribution in [0, 0.1) is 10.1 Å². The summed E-state index contributed by atoms with van der Waals surface area (Å²) in [5, 5.41) is 15.6. The Morgan fingerprint density at radius 2 is 1.85 bits per heavy atom. The van der Waals surface area contributed by atoms with Gasteiger partial charge in [-0.2, -0.15) is 0 Å². The van der Waals surface area contributed by atoms with Crippen molar-refractivity contribution in [2.75, 3.05) is 46.3 Å². The van der Waals surface area contributed by atoms with Crippen molar-refractivity contribution >= 4 is 23.4 Å². The fourth-order valence-electron chi connectivity index (χ4n) is 2.63. The van der Waals surface area contributed by atoms with Crippen molar-refractivity contribution in [2.24, 2.45) is 0 Å². The predicted molar refractivity (Wildman–Crippen MR) is 92.5 cm³/mol. The van der Waals surface area contributed by atoms with Crippen LogP contribution in [0.1, 0.15) is 10.4 Å². The number of nitrogens with one attached hydrogen (secondary N) is 2. The first-order chi connectivity index (χ1) is 12.4. The topological polar surface area (TPSA) is 125 Å². The number of hydrogen-bond donors (Lipinski definition) is 2. The standard InChI is InChI=1S/C16H21N5O5/c1-17-14(22)15(23)18-5-6-19-7-9-20(10-8-19)16(24)12-3-2-4-13(11-12)21(25)26/h2-4,11H,5-10H2,1H3,(H,17,22)(H,18,23). The fourth-order valence-corrected chi connectivity index (χ4v) is 2.63. The summed E-state index contributed by atoms with van der Waals surface area (Å²) in [6.45, 7) is 3.13. The zero-order valence-electron chi connectivity index (χ0n) is 14.4. The molecule has 1 saturated heterocycles. The van der Waals surface area contributed by atoms with Crippen LogP contribution in [0.3, 0.4) is 0 Å². The van der Waals surface area contributed by atoms with Gasteiger partial charge < -0.3 is 15.5 Å².